The molecule has 4 heteroatoms. The number of methoxy groups -OCH3 is 2. The molecule has 2 aromatic rings. The SMILES string of the molecule is COc1cc(Cc2ccc(C(=O)O)cc2)cc(OC)c1. The minimum Gasteiger partial charge on any atom is -0.497 e. The molecule has 2 aromatic carbocycles. The Labute approximate surface area is 117 Å². The van der Waals surface area contributed by atoms with Gasteiger partial charge in [0, 0.05) is 6.07 Å². The first-order chi connectivity index (χ1) is 9.62. The van der Waals surface area contributed by atoms with Crippen LogP contribution in [0.15, 0.2) is 42.5 Å². The molecule has 0 radical (unpaired) electrons. The van der Waals surface area contributed by atoms with E-state index >= 15 is 0 Å². The number of aromatic carboxylic acids is 1. The van der Waals surface area contributed by atoms with Gasteiger partial charge in [0.2, 0.25) is 0 Å². The average Bonchev–Trinajstić information content (AvgIpc) is 2.47. The van der Waals surface area contributed by atoms with Crippen LogP contribution in [0.5, 0.6) is 11.5 Å². The van der Waals surface area contributed by atoms with Crippen molar-refractivity contribution in [1.29, 1.82) is 0 Å². The van der Waals surface area contributed by atoms with Crippen molar-refractivity contribution < 1.29 is 19.4 Å². The summed E-state index contributed by atoms with van der Waals surface area (Å²) in [6, 6.07) is 12.5. The van der Waals surface area contributed by atoms with E-state index in [0.717, 1.165) is 22.6 Å². The van der Waals surface area contributed by atoms with Gasteiger partial charge in [0.15, 0.2) is 0 Å². The lowest BCUT2D eigenvalue weighted by Gasteiger charge is -2.08. The van der Waals surface area contributed by atoms with E-state index in [-0.39, 0.29) is 5.56 Å². The second-order valence-electron chi connectivity index (χ2n) is 4.40. The Hall–Kier alpha value is -2.49. The van der Waals surface area contributed by atoms with Crippen LogP contribution >= 0.6 is 0 Å². The number of benzene rings is 2. The van der Waals surface area contributed by atoms with Gasteiger partial charge in [-0.15, -0.1) is 0 Å². The van der Waals surface area contributed by atoms with Gasteiger partial charge in [-0.2, -0.15) is 0 Å². The first kappa shape index (κ1) is 13.9. The summed E-state index contributed by atoms with van der Waals surface area (Å²) < 4.78 is 10.5. The summed E-state index contributed by atoms with van der Waals surface area (Å²) in [6.45, 7) is 0. The fourth-order valence-electron chi connectivity index (χ4n) is 1.97. The molecule has 0 bridgehead atoms. The summed E-state index contributed by atoms with van der Waals surface area (Å²) in [7, 11) is 3.22. The van der Waals surface area contributed by atoms with Crippen LogP contribution < -0.4 is 9.47 Å². The molecule has 2 rings (SSSR count). The van der Waals surface area contributed by atoms with Crippen molar-refractivity contribution >= 4 is 5.97 Å². The summed E-state index contributed by atoms with van der Waals surface area (Å²) in [4.78, 5) is 10.8. The van der Waals surface area contributed by atoms with Gasteiger partial charge < -0.3 is 14.6 Å². The van der Waals surface area contributed by atoms with E-state index in [2.05, 4.69) is 0 Å². The summed E-state index contributed by atoms with van der Waals surface area (Å²) in [5.74, 6) is 0.558. The van der Waals surface area contributed by atoms with Gasteiger partial charge in [-0.3, -0.25) is 0 Å². The Morgan fingerprint density at radius 1 is 0.950 bits per heavy atom. The van der Waals surface area contributed by atoms with Crippen LogP contribution in [0.1, 0.15) is 21.5 Å². The molecule has 0 amide bonds. The number of rotatable bonds is 5. The minimum absolute atomic E-state index is 0.289. The van der Waals surface area contributed by atoms with Crippen LogP contribution in [0.2, 0.25) is 0 Å². The van der Waals surface area contributed by atoms with Crippen molar-refractivity contribution in [2.45, 2.75) is 6.42 Å². The van der Waals surface area contributed by atoms with Crippen molar-refractivity contribution in [2.75, 3.05) is 14.2 Å². The van der Waals surface area contributed by atoms with Crippen molar-refractivity contribution in [1.82, 2.24) is 0 Å². The van der Waals surface area contributed by atoms with E-state index in [1.54, 1.807) is 26.4 Å². The largest absolute Gasteiger partial charge is 0.497 e. The number of carboxylic acid groups (broad SMARTS) is 1. The lowest BCUT2D eigenvalue weighted by molar-refractivity contribution is 0.0697. The third kappa shape index (κ3) is 3.29. The van der Waals surface area contributed by atoms with Gasteiger partial charge in [0.1, 0.15) is 11.5 Å². The summed E-state index contributed by atoms with van der Waals surface area (Å²) in [5, 5.41) is 8.87. The van der Waals surface area contributed by atoms with E-state index in [0.29, 0.717) is 6.42 Å². The summed E-state index contributed by atoms with van der Waals surface area (Å²) in [6.07, 6.45) is 0.688. The highest BCUT2D eigenvalue weighted by atomic mass is 16.5. The monoisotopic (exact) mass is 272 g/mol. The van der Waals surface area contributed by atoms with Crippen LogP contribution in [0, 0.1) is 0 Å². The van der Waals surface area contributed by atoms with Gasteiger partial charge >= 0.3 is 5.97 Å². The first-order valence-electron chi connectivity index (χ1n) is 6.16. The van der Waals surface area contributed by atoms with Gasteiger partial charge in [-0.05, 0) is 41.8 Å². The number of hydrogen-bond acceptors (Lipinski definition) is 3. The molecule has 0 aliphatic carbocycles. The molecule has 0 saturated carbocycles. The molecule has 20 heavy (non-hydrogen) atoms. The highest BCUT2D eigenvalue weighted by Crippen LogP contribution is 2.24. The third-order valence-corrected chi connectivity index (χ3v) is 3.02. The van der Waals surface area contributed by atoms with Gasteiger partial charge in [-0.1, -0.05) is 12.1 Å². The lowest BCUT2D eigenvalue weighted by atomic mass is 10.0. The zero-order valence-corrected chi connectivity index (χ0v) is 11.4. The van der Waals surface area contributed by atoms with E-state index in [1.807, 2.05) is 30.3 Å². The molecule has 1 N–H and O–H groups in total. The predicted molar refractivity (Wildman–Crippen MR) is 75.8 cm³/mol. The number of carbonyl (C=O) groups is 1. The average molecular weight is 272 g/mol. The molecule has 0 aliphatic heterocycles. The molecule has 0 aromatic heterocycles. The van der Waals surface area contributed by atoms with Gasteiger partial charge in [0.25, 0.3) is 0 Å². The topological polar surface area (TPSA) is 55.8 Å². The van der Waals surface area contributed by atoms with Crippen LogP contribution in [0.3, 0.4) is 0 Å². The molecule has 104 valence electrons. The summed E-state index contributed by atoms with van der Waals surface area (Å²) in [5.41, 5.74) is 2.37. The molecule has 0 unspecified atom stereocenters. The third-order valence-electron chi connectivity index (χ3n) is 3.02. The molecular formula is C16H16O4. The smallest absolute Gasteiger partial charge is 0.335 e. The van der Waals surface area contributed by atoms with Crippen molar-refractivity contribution in [3.05, 3.63) is 59.2 Å². The molecule has 0 fully saturated rings. The maximum absolute atomic E-state index is 10.8. The molecular weight excluding hydrogens is 256 g/mol. The second-order valence-corrected chi connectivity index (χ2v) is 4.40. The van der Waals surface area contributed by atoms with E-state index in [1.165, 1.54) is 0 Å². The van der Waals surface area contributed by atoms with Crippen molar-refractivity contribution in [3.63, 3.8) is 0 Å². The van der Waals surface area contributed by atoms with Crippen molar-refractivity contribution in [3.8, 4) is 11.5 Å². The van der Waals surface area contributed by atoms with E-state index in [9.17, 15) is 4.79 Å². The lowest BCUT2D eigenvalue weighted by Crippen LogP contribution is -1.97. The molecule has 0 aliphatic rings. The maximum atomic E-state index is 10.8. The van der Waals surface area contributed by atoms with Crippen LogP contribution in [0.4, 0.5) is 0 Å². The number of carboxylic acids is 1. The Balaban J connectivity index is 2.22. The highest BCUT2D eigenvalue weighted by Gasteiger charge is 2.05. The Kier molecular flexibility index (Phi) is 4.25. The summed E-state index contributed by atoms with van der Waals surface area (Å²) >= 11 is 0. The Morgan fingerprint density at radius 2 is 1.50 bits per heavy atom. The molecule has 0 saturated heterocycles. The van der Waals surface area contributed by atoms with Crippen LogP contribution in [0.25, 0.3) is 0 Å². The van der Waals surface area contributed by atoms with E-state index in [4.69, 9.17) is 14.6 Å². The van der Waals surface area contributed by atoms with Crippen molar-refractivity contribution in [2.24, 2.45) is 0 Å². The minimum atomic E-state index is -0.917. The molecule has 0 atom stereocenters. The fraction of sp³-hybridized carbons (Fsp3) is 0.188. The van der Waals surface area contributed by atoms with Gasteiger partial charge in [-0.25, -0.2) is 4.79 Å². The zero-order valence-electron chi connectivity index (χ0n) is 11.4. The Bertz CT molecular complexity index is 580. The normalized spacial score (nSPS) is 10.1. The molecule has 0 spiro atoms. The number of ether oxygens (including phenoxy) is 2. The maximum Gasteiger partial charge on any atom is 0.335 e. The fourth-order valence-corrected chi connectivity index (χ4v) is 1.97. The molecule has 4 nitrogen and oxygen atoms in total. The van der Waals surface area contributed by atoms with Crippen LogP contribution in [-0.2, 0) is 6.42 Å². The second kappa shape index (κ2) is 6.10. The first-order valence-corrected chi connectivity index (χ1v) is 6.16. The standard InChI is InChI=1S/C16H16O4/c1-19-14-8-12(9-15(10-14)20-2)7-11-3-5-13(6-4-11)16(17)18/h3-6,8-10H,7H2,1-2H3,(H,17,18). The van der Waals surface area contributed by atoms with E-state index < -0.39 is 5.97 Å². The van der Waals surface area contributed by atoms with Crippen LogP contribution in [-0.4, -0.2) is 25.3 Å². The quantitative estimate of drug-likeness (QED) is 0.909. The highest BCUT2D eigenvalue weighted by molar-refractivity contribution is 5.87. The Morgan fingerprint density at radius 3 is 1.95 bits per heavy atom. The predicted octanol–water partition coefficient (Wildman–Crippen LogP) is 2.99. The van der Waals surface area contributed by atoms with Gasteiger partial charge in [0.05, 0.1) is 19.8 Å². The number of hydrogen-bond donors (Lipinski definition) is 1. The zero-order chi connectivity index (χ0) is 14.5. The molecule has 0 heterocycles.